The number of hydrogen-bond donors (Lipinski definition) is 1. The summed E-state index contributed by atoms with van der Waals surface area (Å²) in [7, 11) is 1.60. The predicted octanol–water partition coefficient (Wildman–Crippen LogP) is 2.40. The minimum atomic E-state index is -4.41. The predicted molar refractivity (Wildman–Crippen MR) is 54.5 cm³/mol. The first-order valence-corrected chi connectivity index (χ1v) is 5.49. The zero-order valence-corrected chi connectivity index (χ0v) is 9.49. The Morgan fingerprint density at radius 1 is 1.31 bits per heavy atom. The van der Waals surface area contributed by atoms with Crippen molar-refractivity contribution in [3.63, 3.8) is 0 Å². The number of rotatable bonds is 6. The number of ether oxygens (including phenoxy) is 1. The topological polar surface area (TPSA) is 47.0 Å². The second-order valence-corrected chi connectivity index (χ2v) is 4.01. The number of unbranched alkanes of at least 4 members (excludes halogenated alkanes) is 1. The van der Waals surface area contributed by atoms with Gasteiger partial charge in [0.15, 0.2) is 0 Å². The third-order valence-electron chi connectivity index (χ3n) is 1.72. The molecule has 1 rings (SSSR count). The molecule has 16 heavy (non-hydrogen) atoms. The fourth-order valence-corrected chi connectivity index (χ4v) is 1.61. The van der Waals surface area contributed by atoms with Gasteiger partial charge in [-0.3, -0.25) is 0 Å². The highest BCUT2D eigenvalue weighted by atomic mass is 32.1. The Balaban J connectivity index is 2.30. The molecule has 0 atom stereocenters. The van der Waals surface area contributed by atoms with Crippen LogP contribution in [0.25, 0.3) is 0 Å². The molecule has 1 aromatic rings. The van der Waals surface area contributed by atoms with Crippen molar-refractivity contribution >= 4 is 16.5 Å². The summed E-state index contributed by atoms with van der Waals surface area (Å²) in [6, 6.07) is 0. The Morgan fingerprint density at radius 2 is 2.06 bits per heavy atom. The SMILES string of the molecule is COCCCCNc1nnc(C(F)(F)F)s1. The van der Waals surface area contributed by atoms with Crippen LogP contribution in [-0.4, -0.2) is 30.5 Å². The van der Waals surface area contributed by atoms with Gasteiger partial charge in [-0.15, -0.1) is 10.2 Å². The van der Waals surface area contributed by atoms with E-state index < -0.39 is 11.2 Å². The molecule has 4 nitrogen and oxygen atoms in total. The molecule has 0 bridgehead atoms. The molecule has 0 fully saturated rings. The van der Waals surface area contributed by atoms with Crippen molar-refractivity contribution in [2.45, 2.75) is 19.0 Å². The molecule has 0 aliphatic rings. The van der Waals surface area contributed by atoms with Gasteiger partial charge in [0.1, 0.15) is 0 Å². The lowest BCUT2D eigenvalue weighted by Gasteiger charge is -2.01. The van der Waals surface area contributed by atoms with Gasteiger partial charge in [0.2, 0.25) is 10.1 Å². The quantitative estimate of drug-likeness (QED) is 0.793. The Labute approximate surface area is 94.8 Å². The number of methoxy groups -OCH3 is 1. The number of halogens is 3. The van der Waals surface area contributed by atoms with Crippen molar-refractivity contribution in [2.24, 2.45) is 0 Å². The van der Waals surface area contributed by atoms with Gasteiger partial charge in [-0.05, 0) is 12.8 Å². The van der Waals surface area contributed by atoms with E-state index in [0.717, 1.165) is 12.8 Å². The molecular formula is C8H12F3N3OS. The van der Waals surface area contributed by atoms with E-state index in [9.17, 15) is 13.2 Å². The van der Waals surface area contributed by atoms with Gasteiger partial charge in [0.05, 0.1) is 0 Å². The molecule has 0 saturated carbocycles. The summed E-state index contributed by atoms with van der Waals surface area (Å²) in [5, 5.41) is 8.53. The molecule has 0 saturated heterocycles. The lowest BCUT2D eigenvalue weighted by Crippen LogP contribution is -2.03. The summed E-state index contributed by atoms with van der Waals surface area (Å²) in [5.41, 5.74) is 0. The molecule has 8 heteroatoms. The van der Waals surface area contributed by atoms with Crippen LogP contribution < -0.4 is 5.32 Å². The van der Waals surface area contributed by atoms with E-state index in [1.54, 1.807) is 7.11 Å². The maximum atomic E-state index is 12.2. The highest BCUT2D eigenvalue weighted by Crippen LogP contribution is 2.32. The number of hydrogen-bond acceptors (Lipinski definition) is 5. The fourth-order valence-electron chi connectivity index (χ4n) is 0.976. The lowest BCUT2D eigenvalue weighted by molar-refractivity contribution is -0.138. The van der Waals surface area contributed by atoms with Crippen LogP contribution >= 0.6 is 11.3 Å². The first kappa shape index (κ1) is 13.2. The van der Waals surface area contributed by atoms with Crippen LogP contribution in [0.5, 0.6) is 0 Å². The average molecular weight is 255 g/mol. The molecule has 1 heterocycles. The summed E-state index contributed by atoms with van der Waals surface area (Å²) in [6.45, 7) is 1.21. The van der Waals surface area contributed by atoms with E-state index in [1.165, 1.54) is 0 Å². The normalized spacial score (nSPS) is 11.8. The van der Waals surface area contributed by atoms with Crippen LogP contribution in [0.15, 0.2) is 0 Å². The largest absolute Gasteiger partial charge is 0.445 e. The molecule has 0 unspecified atom stereocenters. The molecule has 0 aliphatic heterocycles. The number of nitrogens with zero attached hydrogens (tertiary/aromatic N) is 2. The molecule has 92 valence electrons. The van der Waals surface area contributed by atoms with Gasteiger partial charge < -0.3 is 10.1 Å². The van der Waals surface area contributed by atoms with Crippen molar-refractivity contribution in [2.75, 3.05) is 25.6 Å². The minimum absolute atomic E-state index is 0.199. The molecule has 0 spiro atoms. The van der Waals surface area contributed by atoms with Gasteiger partial charge in [-0.2, -0.15) is 13.2 Å². The van der Waals surface area contributed by atoms with Crippen LogP contribution in [0, 0.1) is 0 Å². The number of alkyl halides is 3. The minimum Gasteiger partial charge on any atom is -0.385 e. The zero-order chi connectivity index (χ0) is 12.0. The van der Waals surface area contributed by atoms with Crippen LogP contribution in [0.1, 0.15) is 17.8 Å². The molecule has 1 aromatic heterocycles. The zero-order valence-electron chi connectivity index (χ0n) is 8.67. The van der Waals surface area contributed by atoms with E-state index >= 15 is 0 Å². The molecular weight excluding hydrogens is 243 g/mol. The fraction of sp³-hybridized carbons (Fsp3) is 0.750. The molecule has 0 radical (unpaired) electrons. The molecule has 1 N–H and O–H groups in total. The van der Waals surface area contributed by atoms with Crippen LogP contribution in [-0.2, 0) is 10.9 Å². The Bertz CT molecular complexity index is 316. The maximum Gasteiger partial charge on any atom is 0.445 e. The van der Waals surface area contributed by atoms with E-state index in [-0.39, 0.29) is 5.13 Å². The third kappa shape index (κ3) is 4.31. The summed E-state index contributed by atoms with van der Waals surface area (Å²) in [4.78, 5) is 0. The maximum absolute atomic E-state index is 12.2. The first-order valence-electron chi connectivity index (χ1n) is 4.67. The highest BCUT2D eigenvalue weighted by molar-refractivity contribution is 7.15. The summed E-state index contributed by atoms with van der Waals surface area (Å²) in [5.74, 6) is 0. The van der Waals surface area contributed by atoms with E-state index in [2.05, 4.69) is 15.5 Å². The van der Waals surface area contributed by atoms with Crippen LogP contribution in [0.4, 0.5) is 18.3 Å². The Hall–Kier alpha value is -0.890. The van der Waals surface area contributed by atoms with Gasteiger partial charge >= 0.3 is 6.18 Å². The van der Waals surface area contributed by atoms with Gasteiger partial charge in [0.25, 0.3) is 0 Å². The standard InChI is InChI=1S/C8H12F3N3OS/c1-15-5-3-2-4-12-7-14-13-6(16-7)8(9,10)11/h2-5H2,1H3,(H,12,14). The molecule has 0 aliphatic carbocycles. The summed E-state index contributed by atoms with van der Waals surface area (Å²) < 4.78 is 41.3. The van der Waals surface area contributed by atoms with Crippen molar-refractivity contribution < 1.29 is 17.9 Å². The number of nitrogens with one attached hydrogen (secondary N) is 1. The van der Waals surface area contributed by atoms with Gasteiger partial charge in [0, 0.05) is 20.3 Å². The van der Waals surface area contributed by atoms with Crippen LogP contribution in [0.2, 0.25) is 0 Å². The van der Waals surface area contributed by atoms with Crippen molar-refractivity contribution in [3.8, 4) is 0 Å². The third-order valence-corrected chi connectivity index (χ3v) is 2.64. The monoisotopic (exact) mass is 255 g/mol. The molecule has 0 amide bonds. The number of anilines is 1. The Kier molecular flexibility index (Phi) is 4.94. The average Bonchev–Trinajstić information content (AvgIpc) is 2.65. The van der Waals surface area contributed by atoms with E-state index in [1.807, 2.05) is 0 Å². The molecule has 0 aromatic carbocycles. The van der Waals surface area contributed by atoms with Gasteiger partial charge in [-0.25, -0.2) is 0 Å². The smallest absolute Gasteiger partial charge is 0.385 e. The first-order chi connectivity index (χ1) is 7.54. The summed E-state index contributed by atoms with van der Waals surface area (Å²) >= 11 is 0.514. The van der Waals surface area contributed by atoms with E-state index in [0.29, 0.717) is 24.5 Å². The van der Waals surface area contributed by atoms with E-state index in [4.69, 9.17) is 4.74 Å². The van der Waals surface area contributed by atoms with Crippen molar-refractivity contribution in [1.82, 2.24) is 10.2 Å². The number of aromatic nitrogens is 2. The van der Waals surface area contributed by atoms with Crippen LogP contribution in [0.3, 0.4) is 0 Å². The van der Waals surface area contributed by atoms with Gasteiger partial charge in [-0.1, -0.05) is 11.3 Å². The Morgan fingerprint density at radius 3 is 2.62 bits per heavy atom. The van der Waals surface area contributed by atoms with Crippen molar-refractivity contribution in [3.05, 3.63) is 5.01 Å². The lowest BCUT2D eigenvalue weighted by atomic mass is 10.3. The second-order valence-electron chi connectivity index (χ2n) is 3.04. The summed E-state index contributed by atoms with van der Waals surface area (Å²) in [6.07, 6.45) is -2.74. The van der Waals surface area contributed by atoms with Crippen molar-refractivity contribution in [1.29, 1.82) is 0 Å². The second kappa shape index (κ2) is 6.00. The highest BCUT2D eigenvalue weighted by Gasteiger charge is 2.35.